The Morgan fingerprint density at radius 2 is 2.14 bits per heavy atom. The van der Waals surface area contributed by atoms with Gasteiger partial charge in [-0.2, -0.15) is 0 Å². The molecule has 1 heterocycles. The standard InChI is InChI=1S/C4H4BN4O.I2.2Y/c1-2-3(10)6-4-7-5-9-8-4;1-2;;/h1H2,(H2,6,7,8,10);;;/q-1;;;/p-1. The third-order valence-corrected chi connectivity index (χ3v) is 0.770. The SMILES string of the molecule is C=[C-]C(=O)Nc1nbn[n-]1.II.[Y].[Y]. The van der Waals surface area contributed by atoms with Crippen LogP contribution in [0.15, 0.2) is 6.58 Å². The van der Waals surface area contributed by atoms with Crippen molar-refractivity contribution in [1.82, 2.24) is 15.0 Å². The van der Waals surface area contributed by atoms with Gasteiger partial charge in [0.1, 0.15) is 0 Å². The van der Waals surface area contributed by atoms with Gasteiger partial charge in [-0.25, -0.2) is 0 Å². The number of rotatable bonds is 2. The van der Waals surface area contributed by atoms with E-state index in [0.717, 1.165) is 0 Å². The summed E-state index contributed by atoms with van der Waals surface area (Å²) in [4.78, 5) is 14.1. The molecule has 0 aliphatic rings. The van der Waals surface area contributed by atoms with Gasteiger partial charge in [0.25, 0.3) is 0 Å². The fourth-order valence-electron chi connectivity index (χ4n) is 0.390. The van der Waals surface area contributed by atoms with E-state index < -0.39 is 5.91 Å². The number of hydrogen-bond donors (Lipinski definition) is 1. The van der Waals surface area contributed by atoms with Gasteiger partial charge in [-0.05, 0) is 0 Å². The van der Waals surface area contributed by atoms with Crippen molar-refractivity contribution in [3.63, 3.8) is 0 Å². The van der Waals surface area contributed by atoms with Gasteiger partial charge >= 0.3 is 56.8 Å². The topological polar surface area (TPSA) is 69.0 Å². The maximum atomic E-state index is 10.5. The molecule has 5 nitrogen and oxygen atoms in total. The monoisotopic (exact) mass is 566 g/mol. The second kappa shape index (κ2) is 15.2. The van der Waals surface area contributed by atoms with E-state index in [1.54, 1.807) is 0 Å². The largest absolute Gasteiger partial charge is 0 e. The Balaban J connectivity index is -0.000000284. The molecule has 1 rings (SSSR count). The minimum absolute atomic E-state index is 0. The zero-order chi connectivity index (χ0) is 9.40. The molecule has 1 N–H and O–H groups in total. The Morgan fingerprint density at radius 1 is 1.57 bits per heavy atom. The number of aromatic nitrogens is 3. The van der Waals surface area contributed by atoms with Crippen LogP contribution in [-0.2, 0) is 70.2 Å². The Kier molecular flexibility index (Phi) is 23.4. The van der Waals surface area contributed by atoms with Crippen molar-refractivity contribution >= 4 is 56.3 Å². The molecule has 10 heteroatoms. The molecule has 1 amide bonds. The van der Waals surface area contributed by atoms with Crippen LogP contribution in [0.2, 0.25) is 0 Å². The molecule has 1 aromatic heterocycles. The predicted octanol–water partition coefficient (Wildman–Crippen LogP) is 0.466. The summed E-state index contributed by atoms with van der Waals surface area (Å²) in [6.45, 7) is 3.13. The van der Waals surface area contributed by atoms with E-state index >= 15 is 0 Å². The fraction of sp³-hybridized carbons (Fsp3) is 0. The predicted molar refractivity (Wildman–Crippen MR) is 62.2 cm³/mol. The van der Waals surface area contributed by atoms with Crippen LogP contribution < -0.4 is 10.4 Å². The van der Waals surface area contributed by atoms with Gasteiger partial charge in [0, 0.05) is 103 Å². The minimum atomic E-state index is -0.465. The number of nitrogens with one attached hydrogen (secondary N) is 1. The van der Waals surface area contributed by atoms with E-state index in [1.807, 2.05) is 0 Å². The smallest absolute Gasteiger partial charge is 0 e. The number of nitrogens with zero attached hydrogens (tertiary/aromatic N) is 3. The number of amides is 1. The molecule has 0 aliphatic heterocycles. The van der Waals surface area contributed by atoms with Gasteiger partial charge < -0.3 is 0 Å². The Labute approximate surface area is 156 Å². The average molecular weight is 566 g/mol. The first kappa shape index (κ1) is 21.5. The van der Waals surface area contributed by atoms with Crippen LogP contribution in [0.5, 0.6) is 0 Å². The quantitative estimate of drug-likeness (QED) is 0.322. The van der Waals surface area contributed by atoms with E-state index in [9.17, 15) is 4.79 Å². The summed E-state index contributed by atoms with van der Waals surface area (Å²) in [6, 6.07) is 0. The molecule has 0 atom stereocenters. The number of halogens is 2. The van der Waals surface area contributed by atoms with Gasteiger partial charge in [0.2, 0.25) is 0 Å². The molecule has 0 fully saturated rings. The third-order valence-electron chi connectivity index (χ3n) is 0.770. The minimum Gasteiger partial charge on any atom is 0 e. The van der Waals surface area contributed by atoms with Gasteiger partial charge in [0.05, 0.1) is 0 Å². The molecule has 70 valence electrons. The van der Waals surface area contributed by atoms with Crippen LogP contribution in [0.3, 0.4) is 0 Å². The third kappa shape index (κ3) is 10.7. The van der Waals surface area contributed by atoms with Gasteiger partial charge in [-0.15, -0.1) is 0 Å². The van der Waals surface area contributed by atoms with Crippen LogP contribution in [0.25, 0.3) is 0 Å². The summed E-state index contributed by atoms with van der Waals surface area (Å²) < 4.78 is 0. The molecule has 1 aromatic rings. The van der Waals surface area contributed by atoms with E-state index in [1.165, 1.54) is 7.19 Å². The van der Waals surface area contributed by atoms with Gasteiger partial charge in [0.15, 0.2) is 0 Å². The van der Waals surface area contributed by atoms with E-state index in [2.05, 4.69) is 70.2 Å². The fourth-order valence-corrected chi connectivity index (χ4v) is 0.390. The Morgan fingerprint density at radius 3 is 2.50 bits per heavy atom. The first-order chi connectivity index (χ1) is 5.83. The summed E-state index contributed by atoms with van der Waals surface area (Å²) >= 11 is 4.24. The molecule has 0 saturated carbocycles. The maximum absolute atomic E-state index is 10.5. The van der Waals surface area contributed by atoms with Crippen molar-refractivity contribution < 1.29 is 70.2 Å². The molecular weight excluding hydrogens is 563 g/mol. The van der Waals surface area contributed by atoms with Crippen molar-refractivity contribution in [2.45, 2.75) is 0 Å². The van der Waals surface area contributed by atoms with Crippen molar-refractivity contribution in [2.24, 2.45) is 0 Å². The van der Waals surface area contributed by atoms with E-state index in [-0.39, 0.29) is 71.4 Å². The van der Waals surface area contributed by atoms with E-state index in [4.69, 9.17) is 0 Å². The number of anilines is 1. The van der Waals surface area contributed by atoms with Crippen molar-refractivity contribution in [1.29, 1.82) is 0 Å². The van der Waals surface area contributed by atoms with Crippen LogP contribution in [0.1, 0.15) is 0 Å². The first-order valence-corrected chi connectivity index (χ1v) is 8.90. The van der Waals surface area contributed by atoms with Gasteiger partial charge in [-0.1, -0.05) is 0 Å². The number of carbonyl (C=O) groups excluding carboxylic acids is 1. The molecule has 0 spiro atoms. The molecule has 0 saturated heterocycles. The van der Waals surface area contributed by atoms with E-state index in [0.29, 0.717) is 0 Å². The van der Waals surface area contributed by atoms with Crippen LogP contribution in [0, 0.1) is 6.08 Å². The molecule has 0 aromatic carbocycles. The van der Waals surface area contributed by atoms with Crippen molar-refractivity contribution in [2.75, 3.05) is 5.32 Å². The summed E-state index contributed by atoms with van der Waals surface area (Å²) in [6.07, 6.45) is 2.10. The number of carbonyl (C=O) groups is 1. The molecule has 0 unspecified atom stereocenters. The van der Waals surface area contributed by atoms with Crippen molar-refractivity contribution in [3.8, 4) is 0 Å². The summed E-state index contributed by atoms with van der Waals surface area (Å²) in [5, 5.41) is 9.10. The first-order valence-electron chi connectivity index (χ1n) is 2.61. The Hall–Kier alpha value is 2.21. The second-order valence-corrected chi connectivity index (χ2v) is 1.41. The average Bonchev–Trinajstić information content (AvgIpc) is 2.60. The number of hydrogen-bond acceptors (Lipinski definition) is 3. The summed E-state index contributed by atoms with van der Waals surface area (Å²) in [5.41, 5.74) is 0. The summed E-state index contributed by atoms with van der Waals surface area (Å²) in [5.74, 6) is -0.297. The van der Waals surface area contributed by atoms with Crippen LogP contribution in [0.4, 0.5) is 5.95 Å². The zero-order valence-corrected chi connectivity index (χ0v) is 16.9. The molecule has 0 bridgehead atoms. The second-order valence-electron chi connectivity index (χ2n) is 1.41. The molecular formula is C4H3BI2N4OY2-2. The Bertz CT molecular complexity index is 247. The summed E-state index contributed by atoms with van der Waals surface area (Å²) in [7, 11) is 1.23. The van der Waals surface area contributed by atoms with Crippen molar-refractivity contribution in [3.05, 3.63) is 12.7 Å². The molecule has 0 aliphatic carbocycles. The van der Waals surface area contributed by atoms with Crippen LogP contribution >= 0.6 is 37.2 Å². The molecule has 2 radical (unpaired) electrons. The zero-order valence-electron chi connectivity index (χ0n) is 6.94. The maximum Gasteiger partial charge on any atom is 0 e. The van der Waals surface area contributed by atoms with Crippen LogP contribution in [-0.4, -0.2) is 23.0 Å². The normalized spacial score (nSPS) is 6.43. The van der Waals surface area contributed by atoms with Gasteiger partial charge in [-0.3, -0.25) is 0 Å². The molecule has 14 heavy (non-hydrogen) atoms.